The minimum Gasteiger partial charge on any atom is -0.478 e. The number of para-hydroxylation sites is 1. The number of aryl methyl sites for hydroxylation is 2. The standard InChI is InChI=1S/C32H31NO3/c1-23(26-20-18-25(19-21-26)13-9-12-24-10-3-2-4-11-24)31(34)33-30-17-8-6-15-28(30)22-27-14-5-7-16-29(27)32(35)36/h2-8,10-11,14-21,23H,9,12-13,22H2,1H3,(H,33,34)(H,35,36). The smallest absolute Gasteiger partial charge is 0.335 e. The third-order valence-electron chi connectivity index (χ3n) is 6.55. The molecule has 1 amide bonds. The van der Waals surface area contributed by atoms with E-state index in [4.69, 9.17) is 0 Å². The molecule has 4 aromatic rings. The average molecular weight is 478 g/mol. The third kappa shape index (κ3) is 6.48. The van der Waals surface area contributed by atoms with Crippen molar-refractivity contribution in [3.05, 3.63) is 137 Å². The molecule has 1 unspecified atom stereocenters. The van der Waals surface area contributed by atoms with Crippen LogP contribution in [0.1, 0.15) is 57.4 Å². The Labute approximate surface area is 212 Å². The first-order valence-corrected chi connectivity index (χ1v) is 12.3. The van der Waals surface area contributed by atoms with Crippen LogP contribution in [0.4, 0.5) is 5.69 Å². The van der Waals surface area contributed by atoms with Crippen LogP contribution in [0.15, 0.2) is 103 Å². The van der Waals surface area contributed by atoms with Gasteiger partial charge >= 0.3 is 5.97 Å². The number of benzene rings is 4. The highest BCUT2D eigenvalue weighted by Crippen LogP contribution is 2.24. The van der Waals surface area contributed by atoms with E-state index in [1.165, 1.54) is 11.1 Å². The fourth-order valence-corrected chi connectivity index (χ4v) is 4.39. The van der Waals surface area contributed by atoms with Gasteiger partial charge in [-0.1, -0.05) is 91.0 Å². The van der Waals surface area contributed by atoms with Gasteiger partial charge in [-0.15, -0.1) is 0 Å². The molecule has 0 fully saturated rings. The molecule has 2 N–H and O–H groups in total. The van der Waals surface area contributed by atoms with Crippen LogP contribution in [-0.4, -0.2) is 17.0 Å². The van der Waals surface area contributed by atoms with Crippen LogP contribution in [0.25, 0.3) is 0 Å². The lowest BCUT2D eigenvalue weighted by Gasteiger charge is -2.16. The number of aromatic carboxylic acids is 1. The Kier molecular flexibility index (Phi) is 8.30. The predicted molar refractivity (Wildman–Crippen MR) is 145 cm³/mol. The Bertz CT molecular complexity index is 1310. The lowest BCUT2D eigenvalue weighted by molar-refractivity contribution is -0.117. The molecule has 0 aliphatic carbocycles. The summed E-state index contributed by atoms with van der Waals surface area (Å²) in [7, 11) is 0. The molecule has 0 aliphatic heterocycles. The minimum absolute atomic E-state index is 0.0919. The van der Waals surface area contributed by atoms with Gasteiger partial charge in [0.2, 0.25) is 5.91 Å². The molecule has 0 heterocycles. The number of nitrogens with one attached hydrogen (secondary N) is 1. The van der Waals surface area contributed by atoms with Crippen LogP contribution in [0.5, 0.6) is 0 Å². The molecule has 182 valence electrons. The van der Waals surface area contributed by atoms with E-state index in [-0.39, 0.29) is 17.4 Å². The summed E-state index contributed by atoms with van der Waals surface area (Å²) >= 11 is 0. The van der Waals surface area contributed by atoms with Crippen molar-refractivity contribution in [1.29, 1.82) is 0 Å². The molecule has 4 nitrogen and oxygen atoms in total. The number of carboxylic acid groups (broad SMARTS) is 1. The van der Waals surface area contributed by atoms with E-state index in [1.807, 2.05) is 61.5 Å². The maximum absolute atomic E-state index is 13.1. The van der Waals surface area contributed by atoms with Crippen LogP contribution in [0.2, 0.25) is 0 Å². The van der Waals surface area contributed by atoms with Crippen molar-refractivity contribution in [2.75, 3.05) is 5.32 Å². The summed E-state index contributed by atoms with van der Waals surface area (Å²) < 4.78 is 0. The van der Waals surface area contributed by atoms with Crippen molar-refractivity contribution in [1.82, 2.24) is 0 Å². The highest BCUT2D eigenvalue weighted by atomic mass is 16.4. The molecule has 0 bridgehead atoms. The zero-order chi connectivity index (χ0) is 25.3. The molecule has 4 heteroatoms. The van der Waals surface area contributed by atoms with Gasteiger partial charge in [0.15, 0.2) is 0 Å². The highest BCUT2D eigenvalue weighted by molar-refractivity contribution is 5.96. The van der Waals surface area contributed by atoms with E-state index in [0.717, 1.165) is 30.4 Å². The first-order valence-electron chi connectivity index (χ1n) is 12.3. The van der Waals surface area contributed by atoms with Crippen molar-refractivity contribution in [3.8, 4) is 0 Å². The maximum atomic E-state index is 13.1. The molecule has 36 heavy (non-hydrogen) atoms. The Morgan fingerprint density at radius 2 is 1.31 bits per heavy atom. The molecule has 4 rings (SSSR count). The van der Waals surface area contributed by atoms with E-state index >= 15 is 0 Å². The molecule has 1 atom stereocenters. The van der Waals surface area contributed by atoms with E-state index in [2.05, 4.69) is 41.7 Å². The Morgan fingerprint density at radius 1 is 0.722 bits per heavy atom. The summed E-state index contributed by atoms with van der Waals surface area (Å²) in [4.78, 5) is 24.7. The van der Waals surface area contributed by atoms with Crippen LogP contribution in [0, 0.1) is 0 Å². The zero-order valence-electron chi connectivity index (χ0n) is 20.5. The predicted octanol–water partition coefficient (Wildman–Crippen LogP) is 6.89. The second-order valence-electron chi connectivity index (χ2n) is 9.09. The van der Waals surface area contributed by atoms with Gasteiger partial charge in [0.1, 0.15) is 0 Å². The third-order valence-corrected chi connectivity index (χ3v) is 6.55. The topological polar surface area (TPSA) is 66.4 Å². The Morgan fingerprint density at radius 3 is 2.00 bits per heavy atom. The Balaban J connectivity index is 1.38. The van der Waals surface area contributed by atoms with Gasteiger partial charge in [0, 0.05) is 12.1 Å². The van der Waals surface area contributed by atoms with Gasteiger partial charge in [-0.3, -0.25) is 4.79 Å². The fraction of sp³-hybridized carbons (Fsp3) is 0.188. The summed E-state index contributed by atoms with van der Waals surface area (Å²) in [6, 6.07) is 33.3. The van der Waals surface area contributed by atoms with Crippen molar-refractivity contribution in [2.24, 2.45) is 0 Å². The summed E-state index contributed by atoms with van der Waals surface area (Å²) in [6.45, 7) is 1.90. The number of anilines is 1. The lowest BCUT2D eigenvalue weighted by Crippen LogP contribution is -2.20. The van der Waals surface area contributed by atoms with Crippen molar-refractivity contribution in [2.45, 2.75) is 38.5 Å². The zero-order valence-corrected chi connectivity index (χ0v) is 20.5. The van der Waals surface area contributed by atoms with Crippen molar-refractivity contribution < 1.29 is 14.7 Å². The first kappa shape index (κ1) is 24.9. The van der Waals surface area contributed by atoms with E-state index < -0.39 is 5.97 Å². The van der Waals surface area contributed by atoms with Crippen LogP contribution in [-0.2, 0) is 24.1 Å². The van der Waals surface area contributed by atoms with E-state index in [9.17, 15) is 14.7 Å². The number of carboxylic acids is 1. The molecule has 0 radical (unpaired) electrons. The summed E-state index contributed by atoms with van der Waals surface area (Å²) in [5, 5.41) is 12.6. The number of carbonyl (C=O) groups excluding carboxylic acids is 1. The van der Waals surface area contributed by atoms with Gasteiger partial charge in [-0.2, -0.15) is 0 Å². The quantitative estimate of drug-likeness (QED) is 0.261. The maximum Gasteiger partial charge on any atom is 0.335 e. The highest BCUT2D eigenvalue weighted by Gasteiger charge is 2.18. The minimum atomic E-state index is -0.954. The second-order valence-corrected chi connectivity index (χ2v) is 9.09. The number of hydrogen-bond acceptors (Lipinski definition) is 2. The van der Waals surface area contributed by atoms with Gasteiger partial charge < -0.3 is 10.4 Å². The van der Waals surface area contributed by atoms with E-state index in [1.54, 1.807) is 12.1 Å². The van der Waals surface area contributed by atoms with Crippen LogP contribution in [0.3, 0.4) is 0 Å². The number of carbonyl (C=O) groups is 2. The fourth-order valence-electron chi connectivity index (χ4n) is 4.39. The molecule has 0 saturated heterocycles. The normalized spacial score (nSPS) is 11.6. The molecular weight excluding hydrogens is 446 g/mol. The monoisotopic (exact) mass is 477 g/mol. The van der Waals surface area contributed by atoms with Gasteiger partial charge in [0.25, 0.3) is 0 Å². The van der Waals surface area contributed by atoms with Gasteiger partial charge in [-0.05, 0) is 66.1 Å². The molecule has 0 saturated carbocycles. The first-order chi connectivity index (χ1) is 17.5. The van der Waals surface area contributed by atoms with Crippen LogP contribution < -0.4 is 5.32 Å². The summed E-state index contributed by atoms with van der Waals surface area (Å²) in [5.41, 5.74) is 6.15. The average Bonchev–Trinajstić information content (AvgIpc) is 2.90. The lowest BCUT2D eigenvalue weighted by atomic mass is 9.96. The number of rotatable bonds is 10. The largest absolute Gasteiger partial charge is 0.478 e. The van der Waals surface area contributed by atoms with Crippen molar-refractivity contribution >= 4 is 17.6 Å². The molecule has 4 aromatic carbocycles. The summed E-state index contributed by atoms with van der Waals surface area (Å²) in [6.07, 6.45) is 3.56. The number of hydrogen-bond donors (Lipinski definition) is 2. The molecule has 0 aliphatic rings. The van der Waals surface area contributed by atoms with Gasteiger partial charge in [-0.25, -0.2) is 4.79 Å². The Hall–Kier alpha value is -4.18. The van der Waals surface area contributed by atoms with Gasteiger partial charge in [0.05, 0.1) is 11.5 Å². The van der Waals surface area contributed by atoms with Crippen molar-refractivity contribution in [3.63, 3.8) is 0 Å². The second kappa shape index (κ2) is 12.0. The SMILES string of the molecule is CC(C(=O)Nc1ccccc1Cc1ccccc1C(=O)O)c1ccc(CCCc2ccccc2)cc1. The summed E-state index contributed by atoms with van der Waals surface area (Å²) in [5.74, 6) is -1.36. The molecular formula is C32H31NO3. The van der Waals surface area contributed by atoms with Crippen LogP contribution >= 0.6 is 0 Å². The number of amides is 1. The van der Waals surface area contributed by atoms with E-state index in [0.29, 0.717) is 17.7 Å². The molecule has 0 aromatic heterocycles. The molecule has 0 spiro atoms.